The van der Waals surface area contributed by atoms with Gasteiger partial charge in [-0.05, 0) is 0 Å². The summed E-state index contributed by atoms with van der Waals surface area (Å²) in [6, 6.07) is 0. The predicted octanol–water partition coefficient (Wildman–Crippen LogP) is 0.458. The normalized spacial score (nSPS) is 9.33. The van der Waals surface area contributed by atoms with Crippen LogP contribution in [0.25, 0.3) is 0 Å². The summed E-state index contributed by atoms with van der Waals surface area (Å²) in [6.45, 7) is 0.523. The lowest BCUT2D eigenvalue weighted by atomic mass is 10.5. The zero-order valence-corrected chi connectivity index (χ0v) is 8.47. The Morgan fingerprint density at radius 3 is 3.20 bits per heavy atom. The summed E-state index contributed by atoms with van der Waals surface area (Å²) in [6.07, 6.45) is 8.76. The standard InChI is InChI=1S/C10H12N2O3/c1-3-4-5-15-9-6-11-12(7-9)8-10(13)14-2/h1,6-7H,4-5,8H2,2H3. The highest BCUT2D eigenvalue weighted by atomic mass is 16.5. The first-order valence-electron chi connectivity index (χ1n) is 4.42. The summed E-state index contributed by atoms with van der Waals surface area (Å²) in [5.41, 5.74) is 0. The maximum atomic E-state index is 10.9. The molecule has 0 amide bonds. The fraction of sp³-hybridized carbons (Fsp3) is 0.400. The number of hydrogen-bond acceptors (Lipinski definition) is 4. The molecule has 0 fully saturated rings. The van der Waals surface area contributed by atoms with Crippen molar-refractivity contribution in [2.45, 2.75) is 13.0 Å². The van der Waals surface area contributed by atoms with Crippen LogP contribution in [-0.2, 0) is 16.1 Å². The van der Waals surface area contributed by atoms with E-state index in [4.69, 9.17) is 11.2 Å². The number of nitrogens with zero attached hydrogens (tertiary/aromatic N) is 2. The second kappa shape index (κ2) is 5.70. The van der Waals surface area contributed by atoms with E-state index < -0.39 is 0 Å². The summed E-state index contributed by atoms with van der Waals surface area (Å²) < 4.78 is 11.2. The Morgan fingerprint density at radius 2 is 2.53 bits per heavy atom. The molecular weight excluding hydrogens is 196 g/mol. The minimum Gasteiger partial charge on any atom is -0.489 e. The van der Waals surface area contributed by atoms with Crippen LogP contribution in [-0.4, -0.2) is 29.5 Å². The van der Waals surface area contributed by atoms with Gasteiger partial charge in [-0.3, -0.25) is 9.48 Å². The van der Waals surface area contributed by atoms with Crippen molar-refractivity contribution in [3.8, 4) is 18.1 Å². The molecule has 0 aliphatic heterocycles. The number of carbonyl (C=O) groups excluding carboxylic acids is 1. The molecule has 0 N–H and O–H groups in total. The zero-order valence-electron chi connectivity index (χ0n) is 8.47. The SMILES string of the molecule is C#CCCOc1cnn(CC(=O)OC)c1. The molecule has 1 aromatic rings. The van der Waals surface area contributed by atoms with Crippen molar-refractivity contribution in [2.24, 2.45) is 0 Å². The molecule has 0 aliphatic carbocycles. The maximum absolute atomic E-state index is 10.9. The number of carbonyl (C=O) groups is 1. The fourth-order valence-corrected chi connectivity index (χ4v) is 0.930. The fourth-order valence-electron chi connectivity index (χ4n) is 0.930. The molecule has 80 valence electrons. The molecule has 0 radical (unpaired) electrons. The highest BCUT2D eigenvalue weighted by molar-refractivity contribution is 5.68. The highest BCUT2D eigenvalue weighted by Crippen LogP contribution is 2.08. The van der Waals surface area contributed by atoms with Crippen LogP contribution in [0, 0.1) is 12.3 Å². The second-order valence-electron chi connectivity index (χ2n) is 2.75. The smallest absolute Gasteiger partial charge is 0.327 e. The van der Waals surface area contributed by atoms with Gasteiger partial charge in [-0.1, -0.05) is 0 Å². The van der Waals surface area contributed by atoms with Gasteiger partial charge in [0.15, 0.2) is 5.75 Å². The third-order valence-corrected chi connectivity index (χ3v) is 1.64. The van der Waals surface area contributed by atoms with Crippen LogP contribution in [0.3, 0.4) is 0 Å². The van der Waals surface area contributed by atoms with Gasteiger partial charge in [0, 0.05) is 6.42 Å². The van der Waals surface area contributed by atoms with Crippen LogP contribution in [0.2, 0.25) is 0 Å². The van der Waals surface area contributed by atoms with E-state index in [0.717, 1.165) is 0 Å². The van der Waals surface area contributed by atoms with E-state index in [-0.39, 0.29) is 12.5 Å². The molecule has 0 bridgehead atoms. The molecule has 0 aromatic carbocycles. The minimum atomic E-state index is -0.353. The molecule has 15 heavy (non-hydrogen) atoms. The lowest BCUT2D eigenvalue weighted by Gasteiger charge is -1.99. The molecular formula is C10H12N2O3. The van der Waals surface area contributed by atoms with Gasteiger partial charge < -0.3 is 9.47 Å². The Kier molecular flexibility index (Phi) is 4.23. The lowest BCUT2D eigenvalue weighted by molar-refractivity contribution is -0.141. The average molecular weight is 208 g/mol. The summed E-state index contributed by atoms with van der Waals surface area (Å²) in [7, 11) is 1.33. The number of ether oxygens (including phenoxy) is 2. The number of aromatic nitrogens is 2. The van der Waals surface area contributed by atoms with Crippen molar-refractivity contribution >= 4 is 5.97 Å². The third kappa shape index (κ3) is 3.73. The summed E-state index contributed by atoms with van der Waals surface area (Å²) in [5, 5.41) is 3.92. The van der Waals surface area contributed by atoms with Crippen LogP contribution in [0.15, 0.2) is 12.4 Å². The maximum Gasteiger partial charge on any atom is 0.327 e. The lowest BCUT2D eigenvalue weighted by Crippen LogP contribution is -2.11. The molecule has 0 unspecified atom stereocenters. The summed E-state index contributed by atoms with van der Waals surface area (Å²) in [5.74, 6) is 2.70. The van der Waals surface area contributed by atoms with E-state index in [2.05, 4.69) is 15.8 Å². The summed E-state index contributed by atoms with van der Waals surface area (Å²) in [4.78, 5) is 10.9. The molecule has 0 saturated heterocycles. The molecule has 1 rings (SSSR count). The number of methoxy groups -OCH3 is 1. The third-order valence-electron chi connectivity index (χ3n) is 1.64. The van der Waals surface area contributed by atoms with Crippen molar-refractivity contribution in [3.63, 3.8) is 0 Å². The first kappa shape index (κ1) is 11.1. The Balaban J connectivity index is 2.42. The average Bonchev–Trinajstić information content (AvgIpc) is 2.66. The Bertz CT molecular complexity index is 365. The van der Waals surface area contributed by atoms with Crippen LogP contribution in [0.1, 0.15) is 6.42 Å². The molecule has 0 spiro atoms. The van der Waals surface area contributed by atoms with Crippen molar-refractivity contribution in [1.29, 1.82) is 0 Å². The van der Waals surface area contributed by atoms with Gasteiger partial charge in [0.1, 0.15) is 6.54 Å². The van der Waals surface area contributed by atoms with Crippen LogP contribution in [0.5, 0.6) is 5.75 Å². The Morgan fingerprint density at radius 1 is 1.73 bits per heavy atom. The molecule has 0 aliphatic rings. The van der Waals surface area contributed by atoms with Crippen molar-refractivity contribution in [2.75, 3.05) is 13.7 Å². The summed E-state index contributed by atoms with van der Waals surface area (Å²) >= 11 is 0. The van der Waals surface area contributed by atoms with E-state index >= 15 is 0 Å². The van der Waals surface area contributed by atoms with E-state index in [1.54, 1.807) is 6.20 Å². The van der Waals surface area contributed by atoms with Gasteiger partial charge in [0.25, 0.3) is 0 Å². The van der Waals surface area contributed by atoms with Gasteiger partial charge in [0.05, 0.1) is 26.1 Å². The van der Waals surface area contributed by atoms with E-state index in [1.807, 2.05) is 0 Å². The zero-order chi connectivity index (χ0) is 11.1. The largest absolute Gasteiger partial charge is 0.489 e. The Labute approximate surface area is 88.0 Å². The monoisotopic (exact) mass is 208 g/mol. The predicted molar refractivity (Wildman–Crippen MR) is 53.2 cm³/mol. The van der Waals surface area contributed by atoms with Crippen molar-refractivity contribution < 1.29 is 14.3 Å². The van der Waals surface area contributed by atoms with Crippen LogP contribution < -0.4 is 4.74 Å². The van der Waals surface area contributed by atoms with E-state index in [1.165, 1.54) is 18.0 Å². The van der Waals surface area contributed by atoms with E-state index in [9.17, 15) is 4.79 Å². The second-order valence-corrected chi connectivity index (χ2v) is 2.75. The number of hydrogen-bond donors (Lipinski definition) is 0. The van der Waals surface area contributed by atoms with E-state index in [0.29, 0.717) is 18.8 Å². The molecule has 1 aromatic heterocycles. The van der Waals surface area contributed by atoms with Gasteiger partial charge in [-0.2, -0.15) is 5.10 Å². The number of esters is 1. The van der Waals surface area contributed by atoms with Gasteiger partial charge >= 0.3 is 5.97 Å². The highest BCUT2D eigenvalue weighted by Gasteiger charge is 2.04. The molecule has 5 nitrogen and oxygen atoms in total. The number of rotatable bonds is 5. The molecule has 5 heteroatoms. The first-order chi connectivity index (χ1) is 7.26. The topological polar surface area (TPSA) is 53.4 Å². The quantitative estimate of drug-likeness (QED) is 0.400. The van der Waals surface area contributed by atoms with Crippen molar-refractivity contribution in [3.05, 3.63) is 12.4 Å². The molecule has 0 saturated carbocycles. The van der Waals surface area contributed by atoms with Crippen LogP contribution in [0.4, 0.5) is 0 Å². The minimum absolute atomic E-state index is 0.0784. The molecule has 0 atom stereocenters. The first-order valence-corrected chi connectivity index (χ1v) is 4.42. The molecule has 1 heterocycles. The number of terminal acetylenes is 1. The van der Waals surface area contributed by atoms with Gasteiger partial charge in [-0.25, -0.2) is 0 Å². The van der Waals surface area contributed by atoms with Crippen molar-refractivity contribution in [1.82, 2.24) is 9.78 Å². The Hall–Kier alpha value is -1.96. The van der Waals surface area contributed by atoms with Gasteiger partial charge in [0.2, 0.25) is 0 Å². The van der Waals surface area contributed by atoms with Crippen LogP contribution >= 0.6 is 0 Å². The van der Waals surface area contributed by atoms with Gasteiger partial charge in [-0.15, -0.1) is 12.3 Å².